The topological polar surface area (TPSA) is 106 Å². The van der Waals surface area contributed by atoms with Crippen molar-refractivity contribution in [1.29, 1.82) is 0 Å². The van der Waals surface area contributed by atoms with Gasteiger partial charge in [0.2, 0.25) is 5.95 Å². The molecule has 0 radical (unpaired) electrons. The Kier molecular flexibility index (Phi) is 2.23. The molecule has 0 fully saturated rings. The van der Waals surface area contributed by atoms with E-state index in [1.54, 1.807) is 0 Å². The summed E-state index contributed by atoms with van der Waals surface area (Å²) in [5.74, 6) is -1.81. The summed E-state index contributed by atoms with van der Waals surface area (Å²) in [6.45, 7) is 1.27. The van der Waals surface area contributed by atoms with Crippen molar-refractivity contribution in [3.63, 3.8) is 0 Å². The normalized spacial score (nSPS) is 9.62. The van der Waals surface area contributed by atoms with E-state index in [0.29, 0.717) is 0 Å². The molecular formula is C7H7N3O3. The number of carboxylic acids is 1. The number of nitrogens with zero attached hydrogens (tertiary/aromatic N) is 2. The van der Waals surface area contributed by atoms with E-state index in [1.807, 2.05) is 0 Å². The summed E-state index contributed by atoms with van der Waals surface area (Å²) < 4.78 is 0. The molecule has 1 heterocycles. The number of carbonyl (C=O) groups excluding carboxylic acids is 1. The van der Waals surface area contributed by atoms with Gasteiger partial charge in [-0.1, -0.05) is 0 Å². The lowest BCUT2D eigenvalue weighted by molar-refractivity contribution is 0.0690. The van der Waals surface area contributed by atoms with Crippen molar-refractivity contribution < 1.29 is 14.7 Å². The van der Waals surface area contributed by atoms with Crippen molar-refractivity contribution >= 4 is 17.7 Å². The van der Waals surface area contributed by atoms with Gasteiger partial charge in [-0.2, -0.15) is 0 Å². The van der Waals surface area contributed by atoms with E-state index >= 15 is 0 Å². The number of hydrogen-bond donors (Lipinski definition) is 2. The summed E-state index contributed by atoms with van der Waals surface area (Å²) in [4.78, 5) is 28.3. The van der Waals surface area contributed by atoms with Crippen molar-refractivity contribution in [2.75, 3.05) is 5.73 Å². The molecule has 0 aliphatic heterocycles. The largest absolute Gasteiger partial charge is 0.477 e. The lowest BCUT2D eigenvalue weighted by Crippen LogP contribution is -2.09. The van der Waals surface area contributed by atoms with Gasteiger partial charge >= 0.3 is 5.97 Å². The lowest BCUT2D eigenvalue weighted by atomic mass is 10.2. The number of carboxylic acid groups (broad SMARTS) is 1. The van der Waals surface area contributed by atoms with Crippen LogP contribution in [0, 0.1) is 0 Å². The van der Waals surface area contributed by atoms with Crippen LogP contribution in [0.2, 0.25) is 0 Å². The lowest BCUT2D eigenvalue weighted by Gasteiger charge is -1.98. The molecule has 0 aromatic carbocycles. The third-order valence-electron chi connectivity index (χ3n) is 1.32. The van der Waals surface area contributed by atoms with Crippen molar-refractivity contribution in [3.8, 4) is 0 Å². The quantitative estimate of drug-likeness (QED) is 0.620. The van der Waals surface area contributed by atoms with E-state index < -0.39 is 5.97 Å². The van der Waals surface area contributed by atoms with Gasteiger partial charge in [0, 0.05) is 13.0 Å². The van der Waals surface area contributed by atoms with Crippen molar-refractivity contribution in [2.24, 2.45) is 0 Å². The Morgan fingerprint density at radius 3 is 2.38 bits per heavy atom. The van der Waals surface area contributed by atoms with E-state index in [9.17, 15) is 9.59 Å². The highest BCUT2D eigenvalue weighted by atomic mass is 16.4. The Morgan fingerprint density at radius 2 is 1.92 bits per heavy atom. The standard InChI is InChI=1S/C7H7N3O3/c1-3(11)4-2-5(6(12)13)10-7(8)9-4/h2H,1H3,(H,12,13)(H2,8,9,10). The fourth-order valence-electron chi connectivity index (χ4n) is 0.756. The zero-order chi connectivity index (χ0) is 10.0. The van der Waals surface area contributed by atoms with Crippen molar-refractivity contribution in [2.45, 2.75) is 6.92 Å². The summed E-state index contributed by atoms with van der Waals surface area (Å²) in [5, 5.41) is 8.56. The molecule has 1 aromatic heterocycles. The molecule has 6 nitrogen and oxygen atoms in total. The number of nitrogens with two attached hydrogens (primary N) is 1. The van der Waals surface area contributed by atoms with E-state index in [4.69, 9.17) is 10.8 Å². The van der Waals surface area contributed by atoms with Crippen LogP contribution in [0.25, 0.3) is 0 Å². The van der Waals surface area contributed by atoms with Crippen LogP contribution in [-0.2, 0) is 0 Å². The molecule has 0 spiro atoms. The number of ketones is 1. The third-order valence-corrected chi connectivity index (χ3v) is 1.32. The average Bonchev–Trinajstić information content (AvgIpc) is 2.03. The smallest absolute Gasteiger partial charge is 0.354 e. The second kappa shape index (κ2) is 3.18. The molecule has 0 saturated carbocycles. The van der Waals surface area contributed by atoms with Gasteiger partial charge in [-0.05, 0) is 0 Å². The molecule has 13 heavy (non-hydrogen) atoms. The minimum Gasteiger partial charge on any atom is -0.477 e. The summed E-state index contributed by atoms with van der Waals surface area (Å²) in [6.07, 6.45) is 0. The van der Waals surface area contributed by atoms with Gasteiger partial charge in [0.15, 0.2) is 11.5 Å². The molecule has 6 heteroatoms. The highest BCUT2D eigenvalue weighted by Gasteiger charge is 2.10. The molecule has 68 valence electrons. The Morgan fingerprint density at radius 1 is 1.38 bits per heavy atom. The van der Waals surface area contributed by atoms with Gasteiger partial charge in [-0.25, -0.2) is 14.8 Å². The maximum absolute atomic E-state index is 10.8. The average molecular weight is 181 g/mol. The molecule has 3 N–H and O–H groups in total. The third kappa shape index (κ3) is 1.98. The van der Waals surface area contributed by atoms with Gasteiger partial charge in [-0.3, -0.25) is 4.79 Å². The molecule has 0 bridgehead atoms. The second-order valence-electron chi connectivity index (χ2n) is 2.36. The number of rotatable bonds is 2. The van der Waals surface area contributed by atoms with Crippen LogP contribution in [0.3, 0.4) is 0 Å². The summed E-state index contributed by atoms with van der Waals surface area (Å²) in [7, 11) is 0. The summed E-state index contributed by atoms with van der Waals surface area (Å²) >= 11 is 0. The highest BCUT2D eigenvalue weighted by molar-refractivity contribution is 5.95. The molecule has 0 atom stereocenters. The van der Waals surface area contributed by atoms with Crippen LogP contribution in [0.1, 0.15) is 27.9 Å². The van der Waals surface area contributed by atoms with Crippen molar-refractivity contribution in [3.05, 3.63) is 17.5 Å². The summed E-state index contributed by atoms with van der Waals surface area (Å²) in [5.41, 5.74) is 4.92. The van der Waals surface area contributed by atoms with Gasteiger partial charge in [0.25, 0.3) is 0 Å². The van der Waals surface area contributed by atoms with Gasteiger partial charge < -0.3 is 10.8 Å². The van der Waals surface area contributed by atoms with Crippen LogP contribution in [0.5, 0.6) is 0 Å². The predicted molar refractivity (Wildman–Crippen MR) is 43.4 cm³/mol. The Hall–Kier alpha value is -1.98. The first-order chi connectivity index (χ1) is 6.00. The van der Waals surface area contributed by atoms with E-state index in [-0.39, 0.29) is 23.1 Å². The van der Waals surface area contributed by atoms with Crippen LogP contribution in [0.15, 0.2) is 6.07 Å². The van der Waals surface area contributed by atoms with E-state index in [2.05, 4.69) is 9.97 Å². The van der Waals surface area contributed by atoms with Crippen LogP contribution in [0.4, 0.5) is 5.95 Å². The number of anilines is 1. The maximum Gasteiger partial charge on any atom is 0.354 e. The number of aromatic carboxylic acids is 1. The van der Waals surface area contributed by atoms with Gasteiger partial charge in [0.05, 0.1) is 0 Å². The van der Waals surface area contributed by atoms with Crippen molar-refractivity contribution in [1.82, 2.24) is 9.97 Å². The van der Waals surface area contributed by atoms with Crippen LogP contribution >= 0.6 is 0 Å². The van der Waals surface area contributed by atoms with Crippen LogP contribution < -0.4 is 5.73 Å². The number of nitrogen functional groups attached to an aromatic ring is 1. The SMILES string of the molecule is CC(=O)c1cc(C(=O)O)nc(N)n1. The first-order valence-corrected chi connectivity index (χ1v) is 3.39. The molecule has 0 saturated heterocycles. The number of hydrogen-bond acceptors (Lipinski definition) is 5. The van der Waals surface area contributed by atoms with E-state index in [1.165, 1.54) is 6.92 Å². The molecular weight excluding hydrogens is 174 g/mol. The molecule has 1 rings (SSSR count). The molecule has 0 amide bonds. The second-order valence-corrected chi connectivity index (χ2v) is 2.36. The Labute approximate surface area is 73.4 Å². The number of aromatic nitrogens is 2. The minimum atomic E-state index is -1.24. The van der Waals surface area contributed by atoms with E-state index in [0.717, 1.165) is 6.07 Å². The first-order valence-electron chi connectivity index (χ1n) is 3.39. The minimum absolute atomic E-state index is 0.00454. The highest BCUT2D eigenvalue weighted by Crippen LogP contribution is 2.03. The Bertz CT molecular complexity index is 343. The Balaban J connectivity index is 3.26. The summed E-state index contributed by atoms with van der Waals surface area (Å²) in [6, 6.07) is 1.08. The molecule has 0 aliphatic rings. The first kappa shape index (κ1) is 9.11. The number of carbonyl (C=O) groups is 2. The predicted octanol–water partition coefficient (Wildman–Crippen LogP) is -0.0404. The zero-order valence-electron chi connectivity index (χ0n) is 6.81. The maximum atomic E-state index is 10.8. The van der Waals surface area contributed by atoms with Crippen LogP contribution in [-0.4, -0.2) is 26.8 Å². The zero-order valence-corrected chi connectivity index (χ0v) is 6.81. The molecule has 1 aromatic rings. The molecule has 0 unspecified atom stereocenters. The van der Waals surface area contributed by atoms with Gasteiger partial charge in [-0.15, -0.1) is 0 Å². The monoisotopic (exact) mass is 181 g/mol. The van der Waals surface area contributed by atoms with Gasteiger partial charge in [0.1, 0.15) is 5.69 Å². The number of Topliss-reactive ketones (excluding diaryl/α,β-unsaturated/α-hetero) is 1. The fraction of sp³-hybridized carbons (Fsp3) is 0.143. The fourth-order valence-corrected chi connectivity index (χ4v) is 0.756. The molecule has 0 aliphatic carbocycles.